The fourth-order valence-corrected chi connectivity index (χ4v) is 4.10. The quantitative estimate of drug-likeness (QED) is 0.169. The Kier molecular flexibility index (Phi) is 8.35. The van der Waals surface area contributed by atoms with Crippen LogP contribution < -0.4 is 14.9 Å². The molecule has 0 saturated heterocycles. The maximum Gasteiger partial charge on any atom is 0.343 e. The van der Waals surface area contributed by atoms with Crippen LogP contribution in [0.4, 0.5) is 4.39 Å². The number of nitrogens with zero attached hydrogens (tertiary/aromatic N) is 1. The van der Waals surface area contributed by atoms with E-state index < -0.39 is 17.7 Å². The topological polar surface area (TPSA) is 77.0 Å². The van der Waals surface area contributed by atoms with Gasteiger partial charge < -0.3 is 9.47 Å². The zero-order valence-electron chi connectivity index (χ0n) is 17.7. The van der Waals surface area contributed by atoms with Gasteiger partial charge in [0.15, 0.2) is 12.4 Å². The molecule has 0 radical (unpaired) electrons. The Labute approximate surface area is 207 Å². The molecule has 0 heterocycles. The van der Waals surface area contributed by atoms with Crippen molar-refractivity contribution in [3.8, 4) is 11.5 Å². The lowest BCUT2D eigenvalue weighted by Gasteiger charge is -2.11. The van der Waals surface area contributed by atoms with Crippen molar-refractivity contribution in [2.75, 3.05) is 6.61 Å². The van der Waals surface area contributed by atoms with Crippen molar-refractivity contribution in [2.24, 2.45) is 5.10 Å². The van der Waals surface area contributed by atoms with E-state index in [0.29, 0.717) is 20.3 Å². The first kappa shape index (κ1) is 24.6. The van der Waals surface area contributed by atoms with Crippen molar-refractivity contribution < 1.29 is 23.5 Å². The van der Waals surface area contributed by atoms with Crippen molar-refractivity contribution in [3.05, 3.63) is 91.6 Å². The van der Waals surface area contributed by atoms with Crippen molar-refractivity contribution in [1.29, 1.82) is 0 Å². The van der Waals surface area contributed by atoms with E-state index in [1.54, 1.807) is 12.1 Å². The maximum absolute atomic E-state index is 13.4. The van der Waals surface area contributed by atoms with E-state index in [-0.39, 0.29) is 17.9 Å². The highest BCUT2D eigenvalue weighted by Gasteiger charge is 2.16. The number of hydrazone groups is 1. The van der Waals surface area contributed by atoms with Crippen molar-refractivity contribution >= 4 is 50.0 Å². The summed E-state index contributed by atoms with van der Waals surface area (Å²) in [5, 5.41) is 3.93. The first-order chi connectivity index (χ1) is 15.7. The lowest BCUT2D eigenvalue weighted by molar-refractivity contribution is -0.123. The first-order valence-electron chi connectivity index (χ1n) is 9.71. The predicted molar refractivity (Wildman–Crippen MR) is 130 cm³/mol. The molecule has 0 unspecified atom stereocenters. The minimum Gasteiger partial charge on any atom is -0.483 e. The van der Waals surface area contributed by atoms with Gasteiger partial charge in [-0.2, -0.15) is 5.10 Å². The molecule has 0 spiro atoms. The van der Waals surface area contributed by atoms with Crippen LogP contribution in [0, 0.1) is 19.7 Å². The minimum atomic E-state index is -0.738. The van der Waals surface area contributed by atoms with E-state index in [2.05, 4.69) is 42.4 Å². The number of carbonyl (C=O) groups is 2. The van der Waals surface area contributed by atoms with E-state index in [1.165, 1.54) is 24.4 Å². The second-order valence-electron chi connectivity index (χ2n) is 7.06. The summed E-state index contributed by atoms with van der Waals surface area (Å²) in [5.74, 6) is -0.960. The molecular weight excluding hydrogens is 559 g/mol. The van der Waals surface area contributed by atoms with Crippen LogP contribution in [0.25, 0.3) is 0 Å². The SMILES string of the molecule is Cc1ccc(C)c(OCC(=O)N/N=C\c2cc(Br)cc(Br)c2OC(=O)c2cccc(F)c2)c1. The molecule has 1 N–H and O–H groups in total. The molecule has 0 aliphatic carbocycles. The summed E-state index contributed by atoms with van der Waals surface area (Å²) in [6.07, 6.45) is 1.33. The lowest BCUT2D eigenvalue weighted by Crippen LogP contribution is -2.24. The highest BCUT2D eigenvalue weighted by atomic mass is 79.9. The molecule has 0 atom stereocenters. The van der Waals surface area contributed by atoms with Gasteiger partial charge in [0.05, 0.1) is 16.3 Å². The minimum absolute atomic E-state index is 0.0598. The number of halogens is 3. The number of hydrogen-bond acceptors (Lipinski definition) is 5. The number of benzene rings is 3. The second-order valence-corrected chi connectivity index (χ2v) is 8.83. The van der Waals surface area contributed by atoms with Gasteiger partial charge in [0.2, 0.25) is 0 Å². The molecule has 6 nitrogen and oxygen atoms in total. The summed E-state index contributed by atoms with van der Waals surface area (Å²) in [6, 6.07) is 14.2. The molecule has 1 amide bonds. The van der Waals surface area contributed by atoms with E-state index in [9.17, 15) is 14.0 Å². The summed E-state index contributed by atoms with van der Waals surface area (Å²) in [5.41, 5.74) is 4.78. The number of esters is 1. The van der Waals surface area contributed by atoms with E-state index in [0.717, 1.165) is 17.2 Å². The maximum atomic E-state index is 13.4. The van der Waals surface area contributed by atoms with Gasteiger partial charge >= 0.3 is 5.97 Å². The number of hydrogen-bond donors (Lipinski definition) is 1. The number of rotatable bonds is 7. The summed E-state index contributed by atoms with van der Waals surface area (Å²) in [4.78, 5) is 24.6. The van der Waals surface area contributed by atoms with Crippen LogP contribution in [0.3, 0.4) is 0 Å². The smallest absolute Gasteiger partial charge is 0.343 e. The van der Waals surface area contributed by atoms with Gasteiger partial charge in [0.1, 0.15) is 11.6 Å². The third kappa shape index (κ3) is 6.97. The highest BCUT2D eigenvalue weighted by Crippen LogP contribution is 2.32. The average Bonchev–Trinajstić information content (AvgIpc) is 2.76. The van der Waals surface area contributed by atoms with Crippen LogP contribution in [-0.4, -0.2) is 24.7 Å². The van der Waals surface area contributed by atoms with E-state index in [1.807, 2.05) is 32.0 Å². The standard InChI is InChI=1S/C24H19Br2FN2O4/c1-14-6-7-15(2)21(8-14)32-13-22(30)29-28-12-17-9-18(25)11-20(26)23(17)33-24(31)16-4-3-5-19(27)10-16/h3-12H,13H2,1-2H3,(H,29,30)/b28-12-. The number of amides is 1. The molecule has 0 bridgehead atoms. The molecule has 33 heavy (non-hydrogen) atoms. The fraction of sp³-hybridized carbons (Fsp3) is 0.125. The third-order valence-electron chi connectivity index (χ3n) is 4.39. The molecular formula is C24H19Br2FN2O4. The molecule has 0 aromatic heterocycles. The Hall–Kier alpha value is -3.04. The third-order valence-corrected chi connectivity index (χ3v) is 5.43. The van der Waals surface area contributed by atoms with Crippen LogP contribution >= 0.6 is 31.9 Å². The first-order valence-corrected chi connectivity index (χ1v) is 11.3. The van der Waals surface area contributed by atoms with Crippen LogP contribution in [0.5, 0.6) is 11.5 Å². The molecule has 0 fully saturated rings. The predicted octanol–water partition coefficient (Wildman–Crippen LogP) is 5.72. The Bertz CT molecular complexity index is 1230. The number of nitrogens with one attached hydrogen (secondary N) is 1. The van der Waals surface area contributed by atoms with Crippen molar-refractivity contribution in [1.82, 2.24) is 5.43 Å². The Morgan fingerprint density at radius 2 is 1.88 bits per heavy atom. The fourth-order valence-electron chi connectivity index (χ4n) is 2.76. The van der Waals surface area contributed by atoms with Gasteiger partial charge in [0, 0.05) is 10.0 Å². The van der Waals surface area contributed by atoms with Gasteiger partial charge in [-0.05, 0) is 77.3 Å². The van der Waals surface area contributed by atoms with E-state index >= 15 is 0 Å². The zero-order chi connectivity index (χ0) is 24.0. The molecule has 3 rings (SSSR count). The summed E-state index contributed by atoms with van der Waals surface area (Å²) in [7, 11) is 0. The van der Waals surface area contributed by atoms with Crippen molar-refractivity contribution in [3.63, 3.8) is 0 Å². The van der Waals surface area contributed by atoms with Crippen LogP contribution in [0.2, 0.25) is 0 Å². The number of ether oxygens (including phenoxy) is 2. The summed E-state index contributed by atoms with van der Waals surface area (Å²) >= 11 is 6.71. The molecule has 0 aliphatic rings. The van der Waals surface area contributed by atoms with Crippen LogP contribution in [0.15, 0.2) is 68.6 Å². The molecule has 0 aliphatic heterocycles. The molecule has 3 aromatic carbocycles. The molecule has 9 heteroatoms. The summed E-state index contributed by atoms with van der Waals surface area (Å²) in [6.45, 7) is 3.61. The monoisotopic (exact) mass is 576 g/mol. The second kappa shape index (κ2) is 11.2. The molecule has 0 saturated carbocycles. The van der Waals surface area contributed by atoms with Gasteiger partial charge in [-0.15, -0.1) is 0 Å². The number of aryl methyl sites for hydroxylation is 2. The largest absolute Gasteiger partial charge is 0.483 e. The van der Waals surface area contributed by atoms with Crippen LogP contribution in [0.1, 0.15) is 27.0 Å². The Morgan fingerprint density at radius 1 is 1.09 bits per heavy atom. The van der Waals surface area contributed by atoms with Gasteiger partial charge in [0.25, 0.3) is 5.91 Å². The highest BCUT2D eigenvalue weighted by molar-refractivity contribution is 9.11. The van der Waals surface area contributed by atoms with E-state index in [4.69, 9.17) is 9.47 Å². The Morgan fingerprint density at radius 3 is 2.64 bits per heavy atom. The van der Waals surface area contributed by atoms with Gasteiger partial charge in [-0.1, -0.05) is 34.1 Å². The normalized spacial score (nSPS) is 10.8. The lowest BCUT2D eigenvalue weighted by atomic mass is 10.1. The van der Waals surface area contributed by atoms with Gasteiger partial charge in [-0.25, -0.2) is 14.6 Å². The average molecular weight is 578 g/mol. The molecule has 3 aromatic rings. The van der Waals surface area contributed by atoms with Crippen molar-refractivity contribution in [2.45, 2.75) is 13.8 Å². The zero-order valence-corrected chi connectivity index (χ0v) is 20.9. The van der Waals surface area contributed by atoms with Crippen LogP contribution in [-0.2, 0) is 4.79 Å². The van der Waals surface area contributed by atoms with Gasteiger partial charge in [-0.3, -0.25) is 4.79 Å². The number of carbonyl (C=O) groups excluding carboxylic acids is 2. The summed E-state index contributed by atoms with van der Waals surface area (Å²) < 4.78 is 25.6. The Balaban J connectivity index is 1.69. The molecule has 170 valence electrons.